The van der Waals surface area contributed by atoms with E-state index >= 15 is 0 Å². The molecule has 0 aliphatic heterocycles. The van der Waals surface area contributed by atoms with Gasteiger partial charge in [-0.05, 0) is 44.2 Å². The first kappa shape index (κ1) is 15.1. The minimum atomic E-state index is -0.408. The lowest BCUT2D eigenvalue weighted by molar-refractivity contribution is 0.0228. The number of nitrogen functional groups attached to an aromatic ring is 1. The van der Waals surface area contributed by atoms with Gasteiger partial charge in [-0.15, -0.1) is 0 Å². The van der Waals surface area contributed by atoms with Gasteiger partial charge in [0, 0.05) is 25.5 Å². The molecule has 0 fully saturated rings. The maximum Gasteiger partial charge on any atom is 0.271 e. The molecule has 0 spiro atoms. The number of anilines is 1. The third-order valence-electron chi connectivity index (χ3n) is 3.21. The number of benzene rings is 1. The monoisotopic (exact) mass is 288 g/mol. The molecule has 1 aromatic heterocycles. The summed E-state index contributed by atoms with van der Waals surface area (Å²) in [6.07, 6.45) is 1.74. The number of methoxy groups -OCH3 is 1. The zero-order valence-electron chi connectivity index (χ0n) is 12.5. The van der Waals surface area contributed by atoms with Crippen LogP contribution < -0.4 is 11.1 Å². The highest BCUT2D eigenvalue weighted by Gasteiger charge is 2.19. The van der Waals surface area contributed by atoms with Gasteiger partial charge in [-0.3, -0.25) is 4.79 Å². The van der Waals surface area contributed by atoms with Crippen LogP contribution in [-0.4, -0.2) is 34.9 Å². The summed E-state index contributed by atoms with van der Waals surface area (Å²) in [4.78, 5) is 12.0. The van der Waals surface area contributed by atoms with Crippen molar-refractivity contribution in [1.29, 1.82) is 0 Å². The Hall–Kier alpha value is -2.34. The molecule has 2 rings (SSSR count). The van der Waals surface area contributed by atoms with Gasteiger partial charge in [0.2, 0.25) is 0 Å². The largest absolute Gasteiger partial charge is 0.399 e. The highest BCUT2D eigenvalue weighted by Crippen LogP contribution is 2.11. The number of hydrogen-bond acceptors (Lipinski definition) is 4. The van der Waals surface area contributed by atoms with Crippen LogP contribution in [0.15, 0.2) is 36.5 Å². The lowest BCUT2D eigenvalue weighted by Crippen LogP contribution is -2.39. The number of carbonyl (C=O) groups excluding carboxylic acids is 1. The van der Waals surface area contributed by atoms with Crippen molar-refractivity contribution in [3.63, 3.8) is 0 Å². The van der Waals surface area contributed by atoms with E-state index in [-0.39, 0.29) is 5.91 Å². The van der Waals surface area contributed by atoms with E-state index in [0.717, 1.165) is 5.69 Å². The van der Waals surface area contributed by atoms with Crippen molar-refractivity contribution >= 4 is 11.6 Å². The van der Waals surface area contributed by atoms with Crippen LogP contribution in [0.25, 0.3) is 5.69 Å². The Balaban J connectivity index is 2.06. The van der Waals surface area contributed by atoms with E-state index < -0.39 is 5.60 Å². The molecule has 6 nitrogen and oxygen atoms in total. The predicted molar refractivity (Wildman–Crippen MR) is 81.4 cm³/mol. The number of rotatable bonds is 5. The minimum Gasteiger partial charge on any atom is -0.399 e. The van der Waals surface area contributed by atoms with Crippen LogP contribution in [0.2, 0.25) is 0 Å². The number of nitrogens with zero attached hydrogens (tertiary/aromatic N) is 2. The van der Waals surface area contributed by atoms with Gasteiger partial charge in [0.15, 0.2) is 5.69 Å². The molecule has 112 valence electrons. The molecular weight excluding hydrogens is 268 g/mol. The lowest BCUT2D eigenvalue weighted by Gasteiger charge is -2.22. The number of ether oxygens (including phenoxy) is 1. The molecule has 1 aromatic carbocycles. The Bertz CT molecular complexity index is 617. The molecule has 3 N–H and O–H groups in total. The van der Waals surface area contributed by atoms with Crippen LogP contribution in [0.3, 0.4) is 0 Å². The molecule has 0 aliphatic rings. The van der Waals surface area contributed by atoms with Crippen molar-refractivity contribution in [1.82, 2.24) is 15.1 Å². The fourth-order valence-electron chi connectivity index (χ4n) is 1.67. The summed E-state index contributed by atoms with van der Waals surface area (Å²) < 4.78 is 6.89. The Morgan fingerprint density at radius 1 is 1.33 bits per heavy atom. The Kier molecular flexibility index (Phi) is 4.28. The maximum absolute atomic E-state index is 12.0. The Labute approximate surface area is 123 Å². The summed E-state index contributed by atoms with van der Waals surface area (Å²) in [5.41, 5.74) is 7.13. The molecule has 0 aliphatic carbocycles. The molecule has 21 heavy (non-hydrogen) atoms. The van der Waals surface area contributed by atoms with Gasteiger partial charge in [0.05, 0.1) is 11.3 Å². The van der Waals surface area contributed by atoms with Crippen LogP contribution in [0.1, 0.15) is 24.3 Å². The number of carbonyl (C=O) groups is 1. The number of amides is 1. The van der Waals surface area contributed by atoms with E-state index in [9.17, 15) is 4.79 Å². The van der Waals surface area contributed by atoms with Gasteiger partial charge < -0.3 is 15.8 Å². The van der Waals surface area contributed by atoms with Crippen LogP contribution in [-0.2, 0) is 4.74 Å². The summed E-state index contributed by atoms with van der Waals surface area (Å²) in [5, 5.41) is 7.06. The van der Waals surface area contributed by atoms with Gasteiger partial charge in [-0.2, -0.15) is 5.10 Å². The first-order valence-electron chi connectivity index (χ1n) is 6.66. The summed E-state index contributed by atoms with van der Waals surface area (Å²) in [6.45, 7) is 4.22. The molecule has 0 saturated carbocycles. The molecule has 0 atom stereocenters. The van der Waals surface area contributed by atoms with Crippen LogP contribution in [0, 0.1) is 0 Å². The standard InChI is InChI=1S/C15H20N4O2/c1-15(2,21-3)10-17-14(20)13-8-9-19(18-13)12-6-4-11(16)5-7-12/h4-9H,10,16H2,1-3H3,(H,17,20). The second kappa shape index (κ2) is 5.97. The van der Waals surface area contributed by atoms with Crippen LogP contribution in [0.4, 0.5) is 5.69 Å². The smallest absolute Gasteiger partial charge is 0.271 e. The molecular formula is C15H20N4O2. The van der Waals surface area contributed by atoms with E-state index in [4.69, 9.17) is 10.5 Å². The minimum absolute atomic E-state index is 0.227. The average molecular weight is 288 g/mol. The number of nitrogens with two attached hydrogens (primary N) is 1. The van der Waals surface area contributed by atoms with Crippen molar-refractivity contribution in [3.8, 4) is 5.69 Å². The van der Waals surface area contributed by atoms with Crippen molar-refractivity contribution in [3.05, 3.63) is 42.2 Å². The SMILES string of the molecule is COC(C)(C)CNC(=O)c1ccn(-c2ccc(N)cc2)n1. The third kappa shape index (κ3) is 3.82. The fourth-order valence-corrected chi connectivity index (χ4v) is 1.67. The average Bonchev–Trinajstić information content (AvgIpc) is 2.95. The van der Waals surface area contributed by atoms with Gasteiger partial charge in [-0.25, -0.2) is 4.68 Å². The molecule has 6 heteroatoms. The molecule has 2 aromatic rings. The summed E-state index contributed by atoms with van der Waals surface area (Å²) in [6, 6.07) is 8.94. The van der Waals surface area contributed by atoms with Crippen LogP contribution in [0.5, 0.6) is 0 Å². The molecule has 1 heterocycles. The van der Waals surface area contributed by atoms with E-state index in [0.29, 0.717) is 17.9 Å². The highest BCUT2D eigenvalue weighted by molar-refractivity contribution is 5.92. The fraction of sp³-hybridized carbons (Fsp3) is 0.333. The van der Waals surface area contributed by atoms with Crippen molar-refractivity contribution in [2.45, 2.75) is 19.4 Å². The van der Waals surface area contributed by atoms with E-state index in [1.54, 1.807) is 36.2 Å². The summed E-state index contributed by atoms with van der Waals surface area (Å²) in [7, 11) is 1.61. The Morgan fingerprint density at radius 3 is 2.62 bits per heavy atom. The quantitative estimate of drug-likeness (QED) is 0.819. The van der Waals surface area contributed by atoms with Crippen molar-refractivity contribution in [2.75, 3.05) is 19.4 Å². The Morgan fingerprint density at radius 2 is 2.00 bits per heavy atom. The second-order valence-corrected chi connectivity index (χ2v) is 5.38. The van der Waals surface area contributed by atoms with Gasteiger partial charge in [0.25, 0.3) is 5.91 Å². The topological polar surface area (TPSA) is 82.2 Å². The van der Waals surface area contributed by atoms with E-state index in [1.807, 2.05) is 26.0 Å². The number of nitrogens with one attached hydrogen (secondary N) is 1. The van der Waals surface area contributed by atoms with Gasteiger partial charge in [0.1, 0.15) is 0 Å². The van der Waals surface area contributed by atoms with Crippen molar-refractivity contribution in [2.24, 2.45) is 0 Å². The zero-order chi connectivity index (χ0) is 15.5. The zero-order valence-corrected chi connectivity index (χ0v) is 12.5. The summed E-state index contributed by atoms with van der Waals surface area (Å²) in [5.74, 6) is -0.227. The third-order valence-corrected chi connectivity index (χ3v) is 3.21. The molecule has 0 radical (unpaired) electrons. The number of hydrogen-bond donors (Lipinski definition) is 2. The molecule has 0 bridgehead atoms. The predicted octanol–water partition coefficient (Wildman–Crippen LogP) is 1.61. The maximum atomic E-state index is 12.0. The molecule has 0 unspecified atom stereocenters. The molecule has 1 amide bonds. The van der Waals surface area contributed by atoms with Gasteiger partial charge >= 0.3 is 0 Å². The first-order valence-corrected chi connectivity index (χ1v) is 6.66. The van der Waals surface area contributed by atoms with E-state index in [1.165, 1.54) is 0 Å². The number of aromatic nitrogens is 2. The van der Waals surface area contributed by atoms with Crippen molar-refractivity contribution < 1.29 is 9.53 Å². The van der Waals surface area contributed by atoms with Crippen LogP contribution >= 0.6 is 0 Å². The first-order chi connectivity index (χ1) is 9.91. The van der Waals surface area contributed by atoms with Gasteiger partial charge in [-0.1, -0.05) is 0 Å². The lowest BCUT2D eigenvalue weighted by atomic mass is 10.1. The van der Waals surface area contributed by atoms with E-state index in [2.05, 4.69) is 10.4 Å². The normalized spacial score (nSPS) is 11.4. The molecule has 0 saturated heterocycles. The highest BCUT2D eigenvalue weighted by atomic mass is 16.5. The summed E-state index contributed by atoms with van der Waals surface area (Å²) >= 11 is 0. The second-order valence-electron chi connectivity index (χ2n) is 5.38.